The van der Waals surface area contributed by atoms with Crippen LogP contribution in [0.2, 0.25) is 39.3 Å². The van der Waals surface area contributed by atoms with Crippen molar-refractivity contribution >= 4 is 22.3 Å². The molecule has 24 heavy (non-hydrogen) atoms. The number of pyridine rings is 1. The molecule has 1 aromatic rings. The van der Waals surface area contributed by atoms with Crippen molar-refractivity contribution in [1.29, 1.82) is 0 Å². The molecule has 1 aliphatic rings. The first kappa shape index (κ1) is 19.6. The van der Waals surface area contributed by atoms with E-state index in [0.717, 1.165) is 6.54 Å². The topological polar surface area (TPSA) is 22.6 Å². The molecule has 1 aliphatic heterocycles. The van der Waals surface area contributed by atoms with E-state index in [-0.39, 0.29) is 0 Å². The summed E-state index contributed by atoms with van der Waals surface area (Å²) < 4.78 is 2.68. The van der Waals surface area contributed by atoms with Gasteiger partial charge in [-0.2, -0.15) is 0 Å². The van der Waals surface area contributed by atoms with E-state index in [4.69, 9.17) is 4.98 Å². The molecule has 1 fully saturated rings. The zero-order valence-electron chi connectivity index (χ0n) is 16.8. The van der Waals surface area contributed by atoms with Gasteiger partial charge in [0.15, 0.2) is 0 Å². The second kappa shape index (κ2) is 7.68. The largest absolute Gasteiger partial charge is 0.410 e. The Labute approximate surface area is 151 Å². The maximum atomic E-state index is 4.87. The van der Waals surface area contributed by atoms with Crippen LogP contribution in [0.15, 0.2) is 18.3 Å². The maximum Gasteiger partial charge on any atom is 0.139 e. The third-order valence-corrected chi connectivity index (χ3v) is 11.9. The second-order valence-electron chi connectivity index (χ2n) is 8.91. The number of nitrogens with zero attached hydrogens (tertiary/aromatic N) is 4. The van der Waals surface area contributed by atoms with Gasteiger partial charge in [-0.25, -0.2) is 4.98 Å². The predicted molar refractivity (Wildman–Crippen MR) is 111 cm³/mol. The lowest BCUT2D eigenvalue weighted by Gasteiger charge is -2.45. The third kappa shape index (κ3) is 5.15. The summed E-state index contributed by atoms with van der Waals surface area (Å²) in [7, 11) is -2.84. The van der Waals surface area contributed by atoms with E-state index < -0.39 is 16.5 Å². The first-order valence-corrected chi connectivity index (χ1v) is 16.2. The number of hydrogen-bond acceptors (Lipinski definition) is 4. The van der Waals surface area contributed by atoms with Crippen LogP contribution in [0.1, 0.15) is 12.5 Å². The summed E-state index contributed by atoms with van der Waals surface area (Å²) in [6.45, 7) is 23.7. The molecular formula is C18H36N4Si2. The minimum absolute atomic E-state index is 1.03. The monoisotopic (exact) mass is 364 g/mol. The summed E-state index contributed by atoms with van der Waals surface area (Å²) in [5.74, 6) is 1.19. The van der Waals surface area contributed by atoms with Crippen molar-refractivity contribution in [3.63, 3.8) is 0 Å². The number of likely N-dealkylation sites (N-methyl/N-ethyl adjacent to an activating group) is 1. The molecule has 0 amide bonds. The van der Waals surface area contributed by atoms with Gasteiger partial charge in [-0.15, -0.1) is 0 Å². The van der Waals surface area contributed by atoms with Crippen LogP contribution in [0.4, 0.5) is 5.82 Å². The standard InChI is InChI=1S/C18H36N4Si2/c1-8-20-11-13-21(14-12-20)16-17-9-10-18(19-15-17)22(23(2,3)4)24(5,6)7/h9-10,15H,8,11-14,16H2,1-7H3. The normalized spacial score (nSPS) is 18.0. The molecule has 0 aliphatic carbocycles. The minimum Gasteiger partial charge on any atom is -0.410 e. The molecule has 6 heteroatoms. The van der Waals surface area contributed by atoms with Crippen molar-refractivity contribution in [3.8, 4) is 0 Å². The molecule has 0 bridgehead atoms. The van der Waals surface area contributed by atoms with Gasteiger partial charge in [0.05, 0.1) is 0 Å². The molecule has 2 rings (SSSR count). The maximum absolute atomic E-state index is 4.87. The van der Waals surface area contributed by atoms with Gasteiger partial charge in [0.25, 0.3) is 0 Å². The highest BCUT2D eigenvalue weighted by molar-refractivity contribution is 6.99. The third-order valence-electron chi connectivity index (χ3n) is 4.70. The van der Waals surface area contributed by atoms with Gasteiger partial charge < -0.3 is 9.13 Å². The fourth-order valence-electron chi connectivity index (χ4n) is 3.86. The Morgan fingerprint density at radius 2 is 1.46 bits per heavy atom. The lowest BCUT2D eigenvalue weighted by molar-refractivity contribution is 0.132. The molecule has 1 aromatic heterocycles. The highest BCUT2D eigenvalue weighted by atomic mass is 28.4. The molecule has 0 atom stereocenters. The highest BCUT2D eigenvalue weighted by Crippen LogP contribution is 2.26. The fraction of sp³-hybridized carbons (Fsp3) is 0.722. The Bertz CT molecular complexity index is 497. The van der Waals surface area contributed by atoms with Crippen molar-refractivity contribution < 1.29 is 0 Å². The molecule has 0 radical (unpaired) electrons. The molecule has 0 N–H and O–H groups in total. The van der Waals surface area contributed by atoms with Gasteiger partial charge in [0, 0.05) is 38.9 Å². The van der Waals surface area contributed by atoms with Crippen molar-refractivity contribution in [2.75, 3.05) is 37.0 Å². The summed E-state index contributed by atoms with van der Waals surface area (Å²) in [6.07, 6.45) is 2.11. The predicted octanol–water partition coefficient (Wildman–Crippen LogP) is 3.70. The van der Waals surface area contributed by atoms with Crippen LogP contribution < -0.4 is 4.23 Å². The van der Waals surface area contributed by atoms with E-state index in [1.165, 1.54) is 44.1 Å². The van der Waals surface area contributed by atoms with Gasteiger partial charge in [-0.3, -0.25) is 4.90 Å². The first-order valence-electron chi connectivity index (χ1n) is 9.31. The molecule has 4 nitrogen and oxygen atoms in total. The Kier molecular flexibility index (Phi) is 6.28. The molecule has 0 saturated carbocycles. The SMILES string of the molecule is CCN1CCN(Cc2ccc(N([Si](C)(C)C)[Si](C)(C)C)nc2)CC1. The van der Waals surface area contributed by atoms with E-state index in [9.17, 15) is 0 Å². The van der Waals surface area contributed by atoms with Crippen LogP contribution in [0.5, 0.6) is 0 Å². The average Bonchev–Trinajstić information content (AvgIpc) is 2.47. The highest BCUT2D eigenvalue weighted by Gasteiger charge is 2.35. The summed E-state index contributed by atoms with van der Waals surface area (Å²) >= 11 is 0. The molecule has 0 unspecified atom stereocenters. The van der Waals surface area contributed by atoms with Gasteiger partial charge in [-0.1, -0.05) is 52.3 Å². The smallest absolute Gasteiger partial charge is 0.139 e. The molecule has 0 spiro atoms. The van der Waals surface area contributed by atoms with Gasteiger partial charge >= 0.3 is 0 Å². The minimum atomic E-state index is -1.42. The van der Waals surface area contributed by atoms with Crippen LogP contribution in [-0.2, 0) is 6.54 Å². The number of rotatable bonds is 6. The van der Waals surface area contributed by atoms with Crippen molar-refractivity contribution in [1.82, 2.24) is 14.8 Å². The Morgan fingerprint density at radius 1 is 0.917 bits per heavy atom. The Morgan fingerprint density at radius 3 is 1.88 bits per heavy atom. The number of hydrogen-bond donors (Lipinski definition) is 0. The zero-order valence-corrected chi connectivity index (χ0v) is 18.8. The molecule has 2 heterocycles. The van der Waals surface area contributed by atoms with Crippen LogP contribution in [0.25, 0.3) is 0 Å². The number of aromatic nitrogens is 1. The van der Waals surface area contributed by atoms with Crippen molar-refractivity contribution in [3.05, 3.63) is 23.9 Å². The van der Waals surface area contributed by atoms with Crippen molar-refractivity contribution in [2.45, 2.75) is 52.8 Å². The van der Waals surface area contributed by atoms with Crippen LogP contribution in [0.3, 0.4) is 0 Å². The van der Waals surface area contributed by atoms with Crippen LogP contribution >= 0.6 is 0 Å². The zero-order chi connectivity index (χ0) is 18.0. The van der Waals surface area contributed by atoms with Crippen molar-refractivity contribution in [2.24, 2.45) is 0 Å². The molecule has 1 saturated heterocycles. The molecular weight excluding hydrogens is 328 g/mol. The summed E-state index contributed by atoms with van der Waals surface area (Å²) in [5.41, 5.74) is 1.34. The van der Waals surface area contributed by atoms with E-state index in [1.807, 2.05) is 0 Å². The second-order valence-corrected chi connectivity index (χ2v) is 18.9. The fourth-order valence-corrected chi connectivity index (χ4v) is 13.5. The summed E-state index contributed by atoms with van der Waals surface area (Å²) in [5, 5.41) is 0. The lowest BCUT2D eigenvalue weighted by atomic mass is 10.2. The van der Waals surface area contributed by atoms with E-state index >= 15 is 0 Å². The quantitative estimate of drug-likeness (QED) is 0.718. The first-order chi connectivity index (χ1) is 11.1. The van der Waals surface area contributed by atoms with Gasteiger partial charge in [0.2, 0.25) is 0 Å². The number of piperazine rings is 1. The molecule has 0 aromatic carbocycles. The summed E-state index contributed by atoms with van der Waals surface area (Å²) in [4.78, 5) is 9.95. The Balaban J connectivity index is 2.05. The Hall–Kier alpha value is -0.696. The van der Waals surface area contributed by atoms with Gasteiger partial charge in [0.1, 0.15) is 22.3 Å². The number of anilines is 1. The summed E-state index contributed by atoms with van der Waals surface area (Å²) in [6, 6.07) is 4.55. The lowest BCUT2D eigenvalue weighted by Crippen LogP contribution is -2.59. The van der Waals surface area contributed by atoms with E-state index in [1.54, 1.807) is 0 Å². The van der Waals surface area contributed by atoms with Crippen LogP contribution in [-0.4, -0.2) is 64.0 Å². The van der Waals surface area contributed by atoms with E-state index in [2.05, 4.69) is 78.6 Å². The average molecular weight is 365 g/mol. The van der Waals surface area contributed by atoms with Crippen LogP contribution in [0, 0.1) is 0 Å². The van der Waals surface area contributed by atoms with Gasteiger partial charge in [-0.05, 0) is 18.2 Å². The van der Waals surface area contributed by atoms with E-state index in [0.29, 0.717) is 0 Å². The molecule has 136 valence electrons.